The summed E-state index contributed by atoms with van der Waals surface area (Å²) in [7, 11) is 3.45. The second-order valence-electron chi connectivity index (χ2n) is 7.41. The van der Waals surface area contributed by atoms with Gasteiger partial charge >= 0.3 is 0 Å². The zero-order valence-electron chi connectivity index (χ0n) is 16.8. The Morgan fingerprint density at radius 3 is 2.75 bits per heavy atom. The number of hydrogen-bond donors (Lipinski definition) is 0. The lowest BCUT2D eigenvalue weighted by molar-refractivity contribution is 0.324. The largest absolute Gasteiger partial charge is 0.497 e. The van der Waals surface area contributed by atoms with Crippen LogP contribution < -0.4 is 9.47 Å². The molecule has 1 unspecified atom stereocenters. The summed E-state index contributed by atoms with van der Waals surface area (Å²) in [5.74, 6) is 2.28. The van der Waals surface area contributed by atoms with Crippen molar-refractivity contribution in [1.29, 1.82) is 0 Å². The summed E-state index contributed by atoms with van der Waals surface area (Å²) in [6, 6.07) is 14.6. The van der Waals surface area contributed by atoms with Crippen molar-refractivity contribution in [1.82, 2.24) is 14.7 Å². The Morgan fingerprint density at radius 1 is 1.11 bits per heavy atom. The first-order valence-electron chi connectivity index (χ1n) is 9.71. The molecule has 2 heterocycles. The maximum atomic E-state index is 5.61. The van der Waals surface area contributed by atoms with Crippen LogP contribution in [0.3, 0.4) is 0 Å². The van der Waals surface area contributed by atoms with E-state index in [1.807, 2.05) is 35.3 Å². The second kappa shape index (κ2) is 8.07. The minimum atomic E-state index is 0.447. The fourth-order valence-electron chi connectivity index (χ4n) is 4.11. The number of aromatic nitrogens is 2. The van der Waals surface area contributed by atoms with Crippen molar-refractivity contribution in [2.45, 2.75) is 25.8 Å². The quantitative estimate of drug-likeness (QED) is 0.646. The number of nitrogens with zero attached hydrogens (tertiary/aromatic N) is 3. The van der Waals surface area contributed by atoms with E-state index in [1.165, 1.54) is 16.7 Å². The molecule has 146 valence electrons. The smallest absolute Gasteiger partial charge is 0.122 e. The van der Waals surface area contributed by atoms with Gasteiger partial charge in [-0.25, -0.2) is 4.68 Å². The number of ether oxygens (including phenoxy) is 2. The number of benzene rings is 2. The van der Waals surface area contributed by atoms with Crippen molar-refractivity contribution in [2.75, 3.05) is 27.3 Å². The standard InChI is InChI=1S/C23H27N3O2/c1-17-5-7-22(26-11-4-10-24-26)19(13-17)16-25-12-9-18(15-25)21-14-20(27-2)6-8-23(21)28-3/h4-8,10-11,13-14,18H,9,12,15-16H2,1-3H3. The third-order valence-electron chi connectivity index (χ3n) is 5.53. The lowest BCUT2D eigenvalue weighted by Crippen LogP contribution is -2.21. The first-order valence-corrected chi connectivity index (χ1v) is 9.71. The molecule has 5 nitrogen and oxygen atoms in total. The number of likely N-dealkylation sites (tertiary alicyclic amines) is 1. The minimum absolute atomic E-state index is 0.447. The monoisotopic (exact) mass is 377 g/mol. The van der Waals surface area contributed by atoms with Gasteiger partial charge in [-0.2, -0.15) is 5.10 Å². The van der Waals surface area contributed by atoms with E-state index < -0.39 is 0 Å². The van der Waals surface area contributed by atoms with Gasteiger partial charge in [0, 0.05) is 37.0 Å². The van der Waals surface area contributed by atoms with Crippen molar-refractivity contribution < 1.29 is 9.47 Å². The van der Waals surface area contributed by atoms with E-state index >= 15 is 0 Å². The molecule has 0 N–H and O–H groups in total. The Bertz CT molecular complexity index is 937. The van der Waals surface area contributed by atoms with Crippen molar-refractivity contribution in [3.8, 4) is 17.2 Å². The van der Waals surface area contributed by atoms with Gasteiger partial charge in [-0.15, -0.1) is 0 Å². The molecule has 1 aromatic heterocycles. The van der Waals surface area contributed by atoms with E-state index in [0.29, 0.717) is 5.92 Å². The Hall–Kier alpha value is -2.79. The third-order valence-corrected chi connectivity index (χ3v) is 5.53. The SMILES string of the molecule is COc1ccc(OC)c(C2CCN(Cc3cc(C)ccc3-n3cccn3)C2)c1. The minimum Gasteiger partial charge on any atom is -0.497 e. The molecular weight excluding hydrogens is 350 g/mol. The van der Waals surface area contributed by atoms with E-state index in [0.717, 1.165) is 43.2 Å². The maximum Gasteiger partial charge on any atom is 0.122 e. The fraction of sp³-hybridized carbons (Fsp3) is 0.348. The molecule has 0 spiro atoms. The molecule has 4 rings (SSSR count). The van der Waals surface area contributed by atoms with Crippen LogP contribution in [0.4, 0.5) is 0 Å². The Balaban J connectivity index is 1.54. The van der Waals surface area contributed by atoms with Gasteiger partial charge in [0.25, 0.3) is 0 Å². The average molecular weight is 377 g/mol. The van der Waals surface area contributed by atoms with Crippen LogP contribution in [0.5, 0.6) is 11.5 Å². The molecule has 1 atom stereocenters. The number of rotatable bonds is 6. The molecule has 0 amide bonds. The van der Waals surface area contributed by atoms with Crippen LogP contribution in [0.25, 0.3) is 5.69 Å². The molecule has 1 aliphatic rings. The Labute approximate surface area is 166 Å². The van der Waals surface area contributed by atoms with Crippen molar-refractivity contribution in [3.63, 3.8) is 0 Å². The molecule has 0 saturated carbocycles. The van der Waals surface area contributed by atoms with E-state index in [2.05, 4.69) is 41.2 Å². The number of methoxy groups -OCH3 is 2. The van der Waals surface area contributed by atoms with E-state index in [-0.39, 0.29) is 0 Å². The molecule has 0 aliphatic carbocycles. The van der Waals surface area contributed by atoms with E-state index in [1.54, 1.807) is 14.2 Å². The molecule has 0 radical (unpaired) electrons. The summed E-state index contributed by atoms with van der Waals surface area (Å²) in [6.07, 6.45) is 4.94. The van der Waals surface area contributed by atoms with Gasteiger partial charge in [0.15, 0.2) is 0 Å². The van der Waals surface area contributed by atoms with Crippen molar-refractivity contribution >= 4 is 0 Å². The predicted octanol–water partition coefficient (Wildman–Crippen LogP) is 4.19. The van der Waals surface area contributed by atoms with Gasteiger partial charge < -0.3 is 9.47 Å². The molecule has 0 bridgehead atoms. The van der Waals surface area contributed by atoms with Gasteiger partial charge in [-0.05, 0) is 55.8 Å². The summed E-state index contributed by atoms with van der Waals surface area (Å²) >= 11 is 0. The van der Waals surface area contributed by atoms with E-state index in [4.69, 9.17) is 9.47 Å². The highest BCUT2D eigenvalue weighted by Gasteiger charge is 2.27. The first kappa shape index (κ1) is 18.6. The lowest BCUT2D eigenvalue weighted by atomic mass is 9.97. The molecule has 1 fully saturated rings. The van der Waals surface area contributed by atoms with Gasteiger partial charge in [0.05, 0.1) is 19.9 Å². The van der Waals surface area contributed by atoms with Crippen LogP contribution >= 0.6 is 0 Å². The summed E-state index contributed by atoms with van der Waals surface area (Å²) in [4.78, 5) is 2.52. The Morgan fingerprint density at radius 2 is 2.00 bits per heavy atom. The third kappa shape index (κ3) is 3.76. The van der Waals surface area contributed by atoms with Gasteiger partial charge in [0.2, 0.25) is 0 Å². The van der Waals surface area contributed by atoms with Crippen LogP contribution in [-0.4, -0.2) is 42.0 Å². The highest BCUT2D eigenvalue weighted by atomic mass is 16.5. The van der Waals surface area contributed by atoms with Crippen LogP contribution in [0, 0.1) is 6.92 Å². The molecule has 3 aromatic rings. The van der Waals surface area contributed by atoms with Crippen molar-refractivity contribution in [2.24, 2.45) is 0 Å². The first-order chi connectivity index (χ1) is 13.7. The molecule has 28 heavy (non-hydrogen) atoms. The lowest BCUT2D eigenvalue weighted by Gasteiger charge is -2.20. The molecule has 5 heteroatoms. The van der Waals surface area contributed by atoms with Crippen LogP contribution in [-0.2, 0) is 6.54 Å². The molecule has 1 aliphatic heterocycles. The molecule has 1 saturated heterocycles. The average Bonchev–Trinajstić information content (AvgIpc) is 3.40. The topological polar surface area (TPSA) is 39.5 Å². The van der Waals surface area contributed by atoms with Gasteiger partial charge in [0.1, 0.15) is 11.5 Å². The van der Waals surface area contributed by atoms with Crippen molar-refractivity contribution in [3.05, 3.63) is 71.5 Å². The highest BCUT2D eigenvalue weighted by Crippen LogP contribution is 2.36. The highest BCUT2D eigenvalue weighted by molar-refractivity contribution is 5.44. The predicted molar refractivity (Wildman–Crippen MR) is 110 cm³/mol. The Kier molecular flexibility index (Phi) is 5.35. The maximum absolute atomic E-state index is 5.61. The normalized spacial score (nSPS) is 17.0. The van der Waals surface area contributed by atoms with Crippen LogP contribution in [0.15, 0.2) is 54.9 Å². The zero-order chi connectivity index (χ0) is 19.5. The second-order valence-corrected chi connectivity index (χ2v) is 7.41. The molecular formula is C23H27N3O2. The van der Waals surface area contributed by atoms with E-state index in [9.17, 15) is 0 Å². The number of hydrogen-bond acceptors (Lipinski definition) is 4. The summed E-state index contributed by atoms with van der Waals surface area (Å²) in [5.41, 5.74) is 4.97. The summed E-state index contributed by atoms with van der Waals surface area (Å²) in [5, 5.41) is 4.42. The van der Waals surface area contributed by atoms with Crippen LogP contribution in [0.1, 0.15) is 29.0 Å². The van der Waals surface area contributed by atoms with Crippen LogP contribution in [0.2, 0.25) is 0 Å². The summed E-state index contributed by atoms with van der Waals surface area (Å²) < 4.78 is 13.0. The summed E-state index contributed by atoms with van der Waals surface area (Å²) in [6.45, 7) is 5.14. The fourth-order valence-corrected chi connectivity index (χ4v) is 4.11. The zero-order valence-corrected chi connectivity index (χ0v) is 16.8. The van der Waals surface area contributed by atoms with Gasteiger partial charge in [-0.3, -0.25) is 4.90 Å². The number of aryl methyl sites for hydroxylation is 1. The molecule has 2 aromatic carbocycles. The van der Waals surface area contributed by atoms with Gasteiger partial charge in [-0.1, -0.05) is 17.7 Å².